The number of halogens is 1. The molecular formula is C36H36ClN7O4S. The Morgan fingerprint density at radius 3 is 2.61 bits per heavy atom. The molecule has 3 heterocycles. The van der Waals surface area contributed by atoms with E-state index in [2.05, 4.69) is 41.6 Å². The first-order chi connectivity index (χ1) is 23.7. The van der Waals surface area contributed by atoms with Gasteiger partial charge >= 0.3 is 6.03 Å². The van der Waals surface area contributed by atoms with Crippen LogP contribution < -0.4 is 15.4 Å². The van der Waals surface area contributed by atoms with Gasteiger partial charge in [-0.3, -0.25) is 9.72 Å². The second-order valence-corrected chi connectivity index (χ2v) is 13.4. The van der Waals surface area contributed by atoms with Crippen LogP contribution in [0.5, 0.6) is 11.5 Å². The third-order valence-corrected chi connectivity index (χ3v) is 9.59. The fourth-order valence-corrected chi connectivity index (χ4v) is 6.21. The van der Waals surface area contributed by atoms with Crippen molar-refractivity contribution in [3.63, 3.8) is 0 Å². The van der Waals surface area contributed by atoms with Gasteiger partial charge in [0, 0.05) is 34.0 Å². The third kappa shape index (κ3) is 7.51. The van der Waals surface area contributed by atoms with Gasteiger partial charge in [-0.25, -0.2) is 9.48 Å². The Morgan fingerprint density at radius 1 is 1.02 bits per heavy atom. The second kappa shape index (κ2) is 14.6. The highest BCUT2D eigenvalue weighted by Crippen LogP contribution is 2.34. The van der Waals surface area contributed by atoms with Crippen LogP contribution in [0.4, 0.5) is 10.6 Å². The van der Waals surface area contributed by atoms with Crippen LogP contribution in [0.1, 0.15) is 38.4 Å². The van der Waals surface area contributed by atoms with E-state index in [-0.39, 0.29) is 35.9 Å². The zero-order valence-corrected chi connectivity index (χ0v) is 28.8. The summed E-state index contributed by atoms with van der Waals surface area (Å²) in [5.41, 5.74) is 3.56. The SMILES string of the molecule is CCC(C)(C)c1cc(NC(=O)NCc2ccccc2Sc2ccc3nnc(-c4ccccc4OCCO)n3c2)n(-c2ccc(O)c(Cl)c2)n1. The van der Waals surface area contributed by atoms with Crippen LogP contribution in [0, 0.1) is 0 Å². The number of pyridine rings is 1. The molecule has 13 heteroatoms. The normalized spacial score (nSPS) is 11.5. The number of rotatable bonds is 12. The Bertz CT molecular complexity index is 2110. The third-order valence-electron chi connectivity index (χ3n) is 8.20. The zero-order chi connectivity index (χ0) is 34.5. The number of ether oxygens (including phenoxy) is 1. The molecule has 49 heavy (non-hydrogen) atoms. The first-order valence-corrected chi connectivity index (χ1v) is 16.9. The largest absolute Gasteiger partial charge is 0.506 e. The summed E-state index contributed by atoms with van der Waals surface area (Å²) in [4.78, 5) is 15.2. The number of aliphatic hydroxyl groups is 1. The molecule has 0 spiro atoms. The van der Waals surface area contributed by atoms with Crippen LogP contribution >= 0.6 is 23.4 Å². The Labute approximate surface area is 292 Å². The summed E-state index contributed by atoms with van der Waals surface area (Å²) in [6.45, 7) is 6.63. The summed E-state index contributed by atoms with van der Waals surface area (Å²) in [5.74, 6) is 1.67. The molecule has 0 saturated carbocycles. The predicted molar refractivity (Wildman–Crippen MR) is 191 cm³/mol. The van der Waals surface area contributed by atoms with E-state index in [0.717, 1.165) is 33.0 Å². The van der Waals surface area contributed by atoms with Gasteiger partial charge in [-0.1, -0.05) is 74.5 Å². The average Bonchev–Trinajstić information content (AvgIpc) is 3.73. The Balaban J connectivity index is 1.20. The highest BCUT2D eigenvalue weighted by Gasteiger charge is 2.25. The van der Waals surface area contributed by atoms with Crippen LogP contribution in [-0.4, -0.2) is 53.8 Å². The van der Waals surface area contributed by atoms with E-state index in [1.54, 1.807) is 28.6 Å². The van der Waals surface area contributed by atoms with Gasteiger partial charge in [0.2, 0.25) is 0 Å². The predicted octanol–water partition coefficient (Wildman–Crippen LogP) is 7.47. The molecule has 6 aromatic rings. The number of nitrogens with one attached hydrogen (secondary N) is 2. The summed E-state index contributed by atoms with van der Waals surface area (Å²) < 4.78 is 9.28. The number of anilines is 1. The van der Waals surface area contributed by atoms with Crippen LogP contribution in [0.3, 0.4) is 0 Å². The number of carbonyl (C=O) groups excluding carboxylic acids is 1. The number of nitrogens with zero attached hydrogens (tertiary/aromatic N) is 5. The van der Waals surface area contributed by atoms with E-state index in [1.807, 2.05) is 77.3 Å². The van der Waals surface area contributed by atoms with Crippen molar-refractivity contribution in [2.75, 3.05) is 18.5 Å². The lowest BCUT2D eigenvalue weighted by Gasteiger charge is -2.19. The van der Waals surface area contributed by atoms with E-state index in [4.69, 9.17) is 21.4 Å². The first kappa shape index (κ1) is 33.8. The lowest BCUT2D eigenvalue weighted by molar-refractivity contribution is 0.202. The maximum Gasteiger partial charge on any atom is 0.320 e. The van der Waals surface area contributed by atoms with Gasteiger partial charge < -0.3 is 20.3 Å². The van der Waals surface area contributed by atoms with Crippen LogP contribution in [-0.2, 0) is 12.0 Å². The first-order valence-electron chi connectivity index (χ1n) is 15.7. The molecule has 2 amide bonds. The van der Waals surface area contributed by atoms with Crippen molar-refractivity contribution in [1.29, 1.82) is 0 Å². The van der Waals surface area contributed by atoms with Gasteiger partial charge in [-0.15, -0.1) is 10.2 Å². The maximum atomic E-state index is 13.3. The topological polar surface area (TPSA) is 139 Å². The minimum Gasteiger partial charge on any atom is -0.506 e. The molecule has 0 atom stereocenters. The number of hydrogen-bond donors (Lipinski definition) is 4. The van der Waals surface area contributed by atoms with Crippen LogP contribution in [0.15, 0.2) is 101 Å². The molecule has 0 saturated heterocycles. The fourth-order valence-electron chi connectivity index (χ4n) is 5.07. The molecule has 0 fully saturated rings. The molecular weight excluding hydrogens is 662 g/mol. The smallest absolute Gasteiger partial charge is 0.320 e. The molecule has 0 radical (unpaired) electrons. The molecule has 0 bridgehead atoms. The van der Waals surface area contributed by atoms with Crippen molar-refractivity contribution in [3.05, 3.63) is 107 Å². The molecule has 3 aromatic carbocycles. The van der Waals surface area contributed by atoms with Gasteiger partial charge in [0.05, 0.1) is 28.6 Å². The maximum absolute atomic E-state index is 13.3. The zero-order valence-electron chi connectivity index (χ0n) is 27.2. The Morgan fingerprint density at radius 2 is 1.82 bits per heavy atom. The van der Waals surface area contributed by atoms with E-state index in [9.17, 15) is 15.0 Å². The van der Waals surface area contributed by atoms with Crippen molar-refractivity contribution in [2.24, 2.45) is 0 Å². The number of aromatic hydroxyl groups is 1. The average molecular weight is 698 g/mol. The molecule has 4 N–H and O–H groups in total. The minimum absolute atomic E-state index is 0.0355. The minimum atomic E-state index is -0.399. The number of urea groups is 1. The molecule has 0 aliphatic heterocycles. The number of aromatic nitrogens is 5. The van der Waals surface area contributed by atoms with Crippen LogP contribution in [0.2, 0.25) is 5.02 Å². The number of hydrogen-bond acceptors (Lipinski definition) is 8. The van der Waals surface area contributed by atoms with Gasteiger partial charge in [0.25, 0.3) is 0 Å². The number of benzene rings is 3. The Kier molecular flexibility index (Phi) is 10.1. The summed E-state index contributed by atoms with van der Waals surface area (Å²) >= 11 is 7.77. The highest BCUT2D eigenvalue weighted by atomic mass is 35.5. The van der Waals surface area contributed by atoms with Gasteiger partial charge in [-0.2, -0.15) is 5.10 Å². The van der Waals surface area contributed by atoms with Gasteiger partial charge in [0.1, 0.15) is 23.9 Å². The molecule has 252 valence electrons. The second-order valence-electron chi connectivity index (χ2n) is 11.9. The lowest BCUT2D eigenvalue weighted by Crippen LogP contribution is -2.29. The lowest BCUT2D eigenvalue weighted by atomic mass is 9.87. The standard InChI is InChI=1S/C36H36ClN7O4S/c1-4-36(2,3)31-20-33(44(42-31)24-13-15-28(46)27(37)19-24)39-35(47)38-21-23-9-5-8-12-30(23)49-25-14-16-32-40-41-34(43(32)22-25)26-10-6-7-11-29(26)48-18-17-45/h5-16,19-20,22,45-46H,4,17-18,21H2,1-3H3,(H2,38,39,47). The van der Waals surface area contributed by atoms with E-state index in [0.29, 0.717) is 28.7 Å². The molecule has 0 aliphatic rings. The fraction of sp³-hybridized carbons (Fsp3) is 0.222. The number of para-hydroxylation sites is 1. The number of phenols is 1. The number of aliphatic hydroxyl groups excluding tert-OH is 1. The summed E-state index contributed by atoms with van der Waals surface area (Å²) in [7, 11) is 0. The molecule has 0 unspecified atom stereocenters. The molecule has 0 aliphatic carbocycles. The molecule has 11 nitrogen and oxygen atoms in total. The number of fused-ring (bicyclic) bond motifs is 1. The van der Waals surface area contributed by atoms with E-state index < -0.39 is 6.03 Å². The molecule has 6 rings (SSSR count). The Hall–Kier alpha value is -5.04. The number of phenolic OH excluding ortho intramolecular Hbond substituents is 1. The number of amides is 2. The van der Waals surface area contributed by atoms with Crippen molar-refractivity contribution in [2.45, 2.75) is 48.9 Å². The monoisotopic (exact) mass is 697 g/mol. The van der Waals surface area contributed by atoms with Gasteiger partial charge in [-0.05, 0) is 60.5 Å². The van der Waals surface area contributed by atoms with E-state index in [1.165, 1.54) is 6.07 Å². The highest BCUT2D eigenvalue weighted by molar-refractivity contribution is 7.99. The summed E-state index contributed by atoms with van der Waals surface area (Å²) in [6.07, 6.45) is 2.82. The molecule has 3 aromatic heterocycles. The summed E-state index contributed by atoms with van der Waals surface area (Å²) in [6, 6.07) is 25.6. The van der Waals surface area contributed by atoms with Crippen molar-refractivity contribution >= 4 is 40.9 Å². The van der Waals surface area contributed by atoms with E-state index >= 15 is 0 Å². The van der Waals surface area contributed by atoms with Gasteiger partial charge in [0.15, 0.2) is 11.5 Å². The van der Waals surface area contributed by atoms with Crippen molar-refractivity contribution < 1.29 is 19.7 Å². The van der Waals surface area contributed by atoms with Crippen molar-refractivity contribution in [1.82, 2.24) is 29.7 Å². The quantitative estimate of drug-likeness (QED) is 0.103. The number of carbonyl (C=O) groups is 1. The van der Waals surface area contributed by atoms with Crippen LogP contribution in [0.25, 0.3) is 22.7 Å². The summed E-state index contributed by atoms with van der Waals surface area (Å²) in [5, 5.41) is 38.9. The van der Waals surface area contributed by atoms with Crippen molar-refractivity contribution in [3.8, 4) is 28.6 Å².